The number of carboxylic acids is 1. The molecule has 24 heavy (non-hydrogen) atoms. The zero-order valence-corrected chi connectivity index (χ0v) is 12.0. The van der Waals surface area contributed by atoms with E-state index < -0.39 is 10.9 Å². The lowest BCUT2D eigenvalue weighted by atomic mass is 10.2. The summed E-state index contributed by atoms with van der Waals surface area (Å²) in [4.78, 5) is 24.0. The maximum Gasteiger partial charge on any atom is 0.270 e. The van der Waals surface area contributed by atoms with Gasteiger partial charge in [-0.3, -0.25) is 10.1 Å². The Kier molecular flexibility index (Phi) is 3.66. The number of nitrogens with one attached hydrogen (secondary N) is 1. The molecule has 9 heteroatoms. The van der Waals surface area contributed by atoms with Crippen LogP contribution in [0.25, 0.3) is 10.9 Å². The fourth-order valence-corrected chi connectivity index (χ4v) is 2.20. The number of azo groups is 1. The third-order valence-electron chi connectivity index (χ3n) is 3.33. The number of aromatic hydroxyl groups is 1. The van der Waals surface area contributed by atoms with E-state index in [-0.39, 0.29) is 33.9 Å². The van der Waals surface area contributed by atoms with Gasteiger partial charge in [-0.15, -0.1) is 10.2 Å². The maximum atomic E-state index is 11.0. The number of hydrogen-bond acceptors (Lipinski definition) is 7. The normalized spacial score (nSPS) is 11.2. The van der Waals surface area contributed by atoms with Crippen LogP contribution in [0.15, 0.2) is 52.7 Å². The predicted octanol–water partition coefficient (Wildman–Crippen LogP) is 2.56. The lowest BCUT2D eigenvalue weighted by Gasteiger charge is -2.04. The van der Waals surface area contributed by atoms with Crippen molar-refractivity contribution < 1.29 is 19.9 Å². The van der Waals surface area contributed by atoms with E-state index in [1.165, 1.54) is 36.4 Å². The molecule has 0 spiro atoms. The van der Waals surface area contributed by atoms with Crippen LogP contribution < -0.4 is 5.11 Å². The monoisotopic (exact) mass is 325 g/mol. The highest BCUT2D eigenvalue weighted by atomic mass is 16.6. The number of carbonyl (C=O) groups is 1. The van der Waals surface area contributed by atoms with Crippen LogP contribution in [0.2, 0.25) is 0 Å². The number of hydrogen-bond donors (Lipinski definition) is 2. The topological polar surface area (TPSA) is 144 Å². The van der Waals surface area contributed by atoms with Gasteiger partial charge in [-0.25, -0.2) is 0 Å². The molecule has 1 heterocycles. The SMILES string of the molecule is O=C([O-])c1ccccc1N=Nc1c(O)[nH]c2ccc([N+](=O)[O-])cc12. The highest BCUT2D eigenvalue weighted by molar-refractivity contribution is 5.96. The van der Waals surface area contributed by atoms with E-state index >= 15 is 0 Å². The van der Waals surface area contributed by atoms with Gasteiger partial charge in [-0.2, -0.15) is 0 Å². The summed E-state index contributed by atoms with van der Waals surface area (Å²) in [5.41, 5.74) is 0.110. The highest BCUT2D eigenvalue weighted by Crippen LogP contribution is 2.38. The van der Waals surface area contributed by atoms with E-state index in [1.54, 1.807) is 6.07 Å². The van der Waals surface area contributed by atoms with Crippen molar-refractivity contribution in [3.8, 4) is 5.88 Å². The smallest absolute Gasteiger partial charge is 0.270 e. The maximum absolute atomic E-state index is 11.0. The number of nitro groups is 1. The Labute approximate surface area is 134 Å². The van der Waals surface area contributed by atoms with Crippen LogP contribution in [0.3, 0.4) is 0 Å². The summed E-state index contributed by atoms with van der Waals surface area (Å²) in [6.07, 6.45) is 0. The number of non-ortho nitro benzene ring substituents is 1. The molecule has 9 nitrogen and oxygen atoms in total. The van der Waals surface area contributed by atoms with Crippen molar-refractivity contribution in [2.45, 2.75) is 0 Å². The average Bonchev–Trinajstić information content (AvgIpc) is 2.87. The molecular weight excluding hydrogens is 316 g/mol. The fraction of sp³-hybridized carbons (Fsp3) is 0. The molecule has 0 bridgehead atoms. The van der Waals surface area contributed by atoms with E-state index in [0.29, 0.717) is 5.52 Å². The predicted molar refractivity (Wildman–Crippen MR) is 81.6 cm³/mol. The fourth-order valence-electron chi connectivity index (χ4n) is 2.20. The number of H-pyrrole nitrogens is 1. The summed E-state index contributed by atoms with van der Waals surface area (Å²) >= 11 is 0. The lowest BCUT2D eigenvalue weighted by Crippen LogP contribution is -2.22. The summed E-state index contributed by atoms with van der Waals surface area (Å²) in [5, 5.41) is 39.8. The number of aromatic nitrogens is 1. The zero-order valence-electron chi connectivity index (χ0n) is 12.0. The van der Waals surface area contributed by atoms with E-state index in [4.69, 9.17) is 0 Å². The second kappa shape index (κ2) is 5.80. The van der Waals surface area contributed by atoms with Crippen LogP contribution in [0.4, 0.5) is 17.1 Å². The van der Waals surface area contributed by atoms with Crippen molar-refractivity contribution in [2.24, 2.45) is 10.2 Å². The van der Waals surface area contributed by atoms with Crippen LogP contribution >= 0.6 is 0 Å². The number of aromatic carboxylic acids is 1. The minimum atomic E-state index is -1.41. The Morgan fingerprint density at radius 3 is 2.62 bits per heavy atom. The Morgan fingerprint density at radius 2 is 1.92 bits per heavy atom. The van der Waals surface area contributed by atoms with Gasteiger partial charge < -0.3 is 20.0 Å². The molecule has 2 aromatic carbocycles. The number of rotatable bonds is 4. The van der Waals surface area contributed by atoms with Crippen LogP contribution in [-0.4, -0.2) is 21.0 Å². The minimum Gasteiger partial charge on any atom is -0.545 e. The molecule has 0 aliphatic heterocycles. The van der Waals surface area contributed by atoms with E-state index in [1.807, 2.05) is 0 Å². The molecule has 0 unspecified atom stereocenters. The molecule has 0 saturated carbocycles. The number of aromatic amines is 1. The Hall–Kier alpha value is -3.75. The number of carboxylic acid groups (broad SMARTS) is 1. The minimum absolute atomic E-state index is 0.0261. The number of benzene rings is 2. The van der Waals surface area contributed by atoms with Crippen molar-refractivity contribution in [3.63, 3.8) is 0 Å². The van der Waals surface area contributed by atoms with Crippen LogP contribution in [0.5, 0.6) is 5.88 Å². The Bertz CT molecular complexity index is 993. The van der Waals surface area contributed by atoms with Gasteiger partial charge >= 0.3 is 0 Å². The number of carbonyl (C=O) groups excluding carboxylic acids is 1. The molecule has 3 aromatic rings. The first-order valence-electron chi connectivity index (χ1n) is 6.68. The number of nitrogens with zero attached hydrogens (tertiary/aromatic N) is 3. The molecule has 0 fully saturated rings. The summed E-state index contributed by atoms with van der Waals surface area (Å²) in [5.74, 6) is -1.75. The zero-order chi connectivity index (χ0) is 17.3. The Balaban J connectivity index is 2.10. The molecule has 0 saturated heterocycles. The van der Waals surface area contributed by atoms with Crippen molar-refractivity contribution >= 4 is 33.9 Å². The molecule has 120 valence electrons. The molecule has 1 aromatic heterocycles. The Morgan fingerprint density at radius 1 is 1.17 bits per heavy atom. The molecule has 0 aliphatic rings. The van der Waals surface area contributed by atoms with Gasteiger partial charge in [-0.1, -0.05) is 18.2 Å². The summed E-state index contributed by atoms with van der Waals surface area (Å²) < 4.78 is 0. The first-order valence-corrected chi connectivity index (χ1v) is 6.68. The van der Waals surface area contributed by atoms with Crippen LogP contribution in [0, 0.1) is 10.1 Å². The van der Waals surface area contributed by atoms with Crippen LogP contribution in [-0.2, 0) is 0 Å². The van der Waals surface area contributed by atoms with Gasteiger partial charge in [0.1, 0.15) is 0 Å². The molecule has 3 rings (SSSR count). The first-order chi connectivity index (χ1) is 11.5. The van der Waals surface area contributed by atoms with Gasteiger partial charge in [0.25, 0.3) is 5.69 Å². The summed E-state index contributed by atoms with van der Waals surface area (Å²) in [6, 6.07) is 9.76. The van der Waals surface area contributed by atoms with Crippen molar-refractivity contribution in [1.29, 1.82) is 0 Å². The second-order valence-electron chi connectivity index (χ2n) is 4.81. The standard InChI is InChI=1S/C15H10N4O5/c20-14-13(10-7-8(19(23)24)5-6-11(10)16-14)18-17-12-4-2-1-3-9(12)15(21)22/h1-7,16,20H,(H,21,22)/p-1. The third-order valence-corrected chi connectivity index (χ3v) is 3.33. The third kappa shape index (κ3) is 2.65. The van der Waals surface area contributed by atoms with Gasteiger partial charge in [0, 0.05) is 23.1 Å². The lowest BCUT2D eigenvalue weighted by molar-refractivity contribution is -0.384. The van der Waals surface area contributed by atoms with Crippen LogP contribution in [0.1, 0.15) is 10.4 Å². The quantitative estimate of drug-likeness (QED) is 0.430. The molecule has 0 atom stereocenters. The highest BCUT2D eigenvalue weighted by Gasteiger charge is 2.15. The molecule has 0 aliphatic carbocycles. The van der Waals surface area contributed by atoms with Crippen molar-refractivity contribution in [2.75, 3.05) is 0 Å². The van der Waals surface area contributed by atoms with Gasteiger partial charge in [0.05, 0.1) is 22.1 Å². The van der Waals surface area contributed by atoms with Crippen molar-refractivity contribution in [1.82, 2.24) is 4.98 Å². The molecule has 0 amide bonds. The van der Waals surface area contributed by atoms with E-state index in [2.05, 4.69) is 15.2 Å². The van der Waals surface area contributed by atoms with Gasteiger partial charge in [0.15, 0.2) is 5.69 Å². The van der Waals surface area contributed by atoms with Crippen molar-refractivity contribution in [3.05, 3.63) is 58.1 Å². The number of nitro benzene ring substituents is 1. The second-order valence-corrected chi connectivity index (χ2v) is 4.81. The molecule has 2 N–H and O–H groups in total. The number of fused-ring (bicyclic) bond motifs is 1. The largest absolute Gasteiger partial charge is 0.545 e. The van der Waals surface area contributed by atoms with E-state index in [9.17, 15) is 25.1 Å². The average molecular weight is 325 g/mol. The summed E-state index contributed by atoms with van der Waals surface area (Å²) in [6.45, 7) is 0. The molecular formula is C15H9N4O5-. The molecule has 0 radical (unpaired) electrons. The van der Waals surface area contributed by atoms with Gasteiger partial charge in [-0.05, 0) is 12.1 Å². The first kappa shape index (κ1) is 15.2. The van der Waals surface area contributed by atoms with E-state index in [0.717, 1.165) is 0 Å². The van der Waals surface area contributed by atoms with Gasteiger partial charge in [0.2, 0.25) is 5.88 Å². The summed E-state index contributed by atoms with van der Waals surface area (Å²) in [7, 11) is 0.